The summed E-state index contributed by atoms with van der Waals surface area (Å²) in [7, 11) is -3.68. The van der Waals surface area contributed by atoms with Crippen LogP contribution in [0.5, 0.6) is 0 Å². The number of anilines is 1. The Morgan fingerprint density at radius 2 is 1.48 bits per heavy atom. The van der Waals surface area contributed by atoms with Crippen LogP contribution in [0.1, 0.15) is 52.0 Å². The van der Waals surface area contributed by atoms with Crippen molar-refractivity contribution in [3.63, 3.8) is 0 Å². The number of amides is 1. The molecule has 0 spiro atoms. The summed E-state index contributed by atoms with van der Waals surface area (Å²) in [4.78, 5) is 13.0. The van der Waals surface area contributed by atoms with Gasteiger partial charge in [0.05, 0.1) is 10.9 Å². The number of hydrogen-bond donors (Lipinski definition) is 2. The summed E-state index contributed by atoms with van der Waals surface area (Å²) in [5, 5.41) is 3.08. The molecule has 1 amide bonds. The van der Waals surface area contributed by atoms with E-state index in [1.165, 1.54) is 5.56 Å². The summed E-state index contributed by atoms with van der Waals surface area (Å²) >= 11 is 0. The van der Waals surface area contributed by atoms with Crippen LogP contribution < -0.4 is 10.0 Å². The summed E-state index contributed by atoms with van der Waals surface area (Å²) in [6, 6.07) is 19.2. The third-order valence-electron chi connectivity index (χ3n) is 5.24. The van der Waals surface area contributed by atoms with E-state index >= 15 is 0 Å². The van der Waals surface area contributed by atoms with E-state index in [-0.39, 0.29) is 16.8 Å². The average Bonchev–Trinajstić information content (AvgIpc) is 2.73. The number of aryl methyl sites for hydroxylation is 3. The predicted molar refractivity (Wildman–Crippen MR) is 125 cm³/mol. The van der Waals surface area contributed by atoms with Gasteiger partial charge in [-0.1, -0.05) is 48.4 Å². The minimum atomic E-state index is -3.68. The molecule has 6 heteroatoms. The summed E-state index contributed by atoms with van der Waals surface area (Å²) in [5.74, 6) is -0.195. The van der Waals surface area contributed by atoms with E-state index in [1.807, 2.05) is 33.8 Å². The predicted octanol–water partition coefficient (Wildman–Crippen LogP) is 5.29. The second kappa shape index (κ2) is 9.35. The monoisotopic (exact) mass is 436 g/mol. The minimum absolute atomic E-state index is 0.0900. The van der Waals surface area contributed by atoms with Crippen molar-refractivity contribution in [2.75, 3.05) is 4.72 Å². The lowest BCUT2D eigenvalue weighted by molar-refractivity contribution is 0.0935. The Labute approximate surface area is 184 Å². The van der Waals surface area contributed by atoms with Gasteiger partial charge in [-0.25, -0.2) is 8.42 Å². The van der Waals surface area contributed by atoms with Crippen LogP contribution in [0, 0.1) is 20.8 Å². The van der Waals surface area contributed by atoms with E-state index in [0.717, 1.165) is 23.1 Å². The third kappa shape index (κ3) is 5.52. The summed E-state index contributed by atoms with van der Waals surface area (Å²) in [6.45, 7) is 8.03. The molecular formula is C25H28N2O3S. The third-order valence-corrected chi connectivity index (χ3v) is 6.64. The van der Waals surface area contributed by atoms with Gasteiger partial charge in [0.15, 0.2) is 0 Å². The molecule has 1 atom stereocenters. The van der Waals surface area contributed by atoms with Gasteiger partial charge in [0.1, 0.15) is 0 Å². The fourth-order valence-corrected chi connectivity index (χ4v) is 4.54. The zero-order valence-corrected chi connectivity index (χ0v) is 19.1. The quantitative estimate of drug-likeness (QED) is 0.528. The van der Waals surface area contributed by atoms with Gasteiger partial charge in [0.2, 0.25) is 0 Å². The van der Waals surface area contributed by atoms with Crippen molar-refractivity contribution < 1.29 is 13.2 Å². The Kier molecular flexibility index (Phi) is 6.81. The van der Waals surface area contributed by atoms with Crippen molar-refractivity contribution in [1.82, 2.24) is 5.32 Å². The first-order valence-electron chi connectivity index (χ1n) is 10.3. The summed E-state index contributed by atoms with van der Waals surface area (Å²) < 4.78 is 27.6. The normalized spacial score (nSPS) is 12.3. The lowest BCUT2D eigenvalue weighted by atomic mass is 9.97. The number of nitrogens with one attached hydrogen (secondary N) is 2. The molecule has 0 aliphatic rings. The Hall–Kier alpha value is -3.12. The lowest BCUT2D eigenvalue weighted by Gasteiger charge is -2.20. The van der Waals surface area contributed by atoms with Crippen LogP contribution in [0.3, 0.4) is 0 Å². The van der Waals surface area contributed by atoms with Gasteiger partial charge >= 0.3 is 0 Å². The van der Waals surface area contributed by atoms with E-state index in [9.17, 15) is 13.2 Å². The van der Waals surface area contributed by atoms with Crippen LogP contribution in [0.4, 0.5) is 5.69 Å². The summed E-state index contributed by atoms with van der Waals surface area (Å²) in [5.41, 5.74) is 5.30. The van der Waals surface area contributed by atoms with Gasteiger partial charge in [-0.2, -0.15) is 0 Å². The van der Waals surface area contributed by atoms with Crippen LogP contribution in [0.2, 0.25) is 0 Å². The van der Waals surface area contributed by atoms with E-state index < -0.39 is 10.0 Å². The van der Waals surface area contributed by atoms with E-state index in [0.29, 0.717) is 11.3 Å². The Morgan fingerprint density at radius 1 is 0.871 bits per heavy atom. The topological polar surface area (TPSA) is 75.3 Å². The van der Waals surface area contributed by atoms with Crippen molar-refractivity contribution in [1.29, 1.82) is 0 Å². The minimum Gasteiger partial charge on any atom is -0.345 e. The molecule has 3 aromatic rings. The van der Waals surface area contributed by atoms with E-state index in [2.05, 4.69) is 22.2 Å². The number of benzene rings is 3. The van der Waals surface area contributed by atoms with E-state index in [1.54, 1.807) is 48.5 Å². The molecule has 3 aromatic carbocycles. The highest BCUT2D eigenvalue weighted by Crippen LogP contribution is 2.23. The van der Waals surface area contributed by atoms with Crippen LogP contribution in [0.15, 0.2) is 71.6 Å². The van der Waals surface area contributed by atoms with Gasteiger partial charge in [0, 0.05) is 11.3 Å². The first-order chi connectivity index (χ1) is 14.7. The highest BCUT2D eigenvalue weighted by Gasteiger charge is 2.17. The molecule has 0 fully saturated rings. The molecule has 0 radical (unpaired) electrons. The van der Waals surface area contributed by atoms with Crippen molar-refractivity contribution in [2.45, 2.75) is 45.1 Å². The smallest absolute Gasteiger partial charge is 0.261 e. The molecule has 0 saturated heterocycles. The molecule has 3 rings (SSSR count). The molecule has 5 nitrogen and oxygen atoms in total. The standard InChI is InChI=1S/C25H28N2O3S/c1-5-24(23-15-8-18(3)16-19(23)4)26-25(28)20-9-11-21(12-10-20)27-31(29,30)22-13-6-17(2)7-14-22/h6-16,24,27H,5H2,1-4H3,(H,26,28)/t24-/m1/s1. The van der Waals surface area contributed by atoms with Crippen molar-refractivity contribution in [3.8, 4) is 0 Å². The Morgan fingerprint density at radius 3 is 2.06 bits per heavy atom. The van der Waals surface area contributed by atoms with E-state index in [4.69, 9.17) is 0 Å². The number of hydrogen-bond acceptors (Lipinski definition) is 3. The van der Waals surface area contributed by atoms with Gasteiger partial charge < -0.3 is 5.32 Å². The highest BCUT2D eigenvalue weighted by molar-refractivity contribution is 7.92. The molecule has 0 bridgehead atoms. The molecule has 162 valence electrons. The highest BCUT2D eigenvalue weighted by atomic mass is 32.2. The fraction of sp³-hybridized carbons (Fsp3) is 0.240. The maximum absolute atomic E-state index is 12.8. The molecule has 0 saturated carbocycles. The first-order valence-corrected chi connectivity index (χ1v) is 11.8. The second-order valence-corrected chi connectivity index (χ2v) is 9.47. The number of carbonyl (C=O) groups is 1. The maximum Gasteiger partial charge on any atom is 0.261 e. The maximum atomic E-state index is 12.8. The molecule has 0 unspecified atom stereocenters. The molecule has 0 aliphatic heterocycles. The molecule has 0 aliphatic carbocycles. The second-order valence-electron chi connectivity index (χ2n) is 7.79. The summed E-state index contributed by atoms with van der Waals surface area (Å²) in [6.07, 6.45) is 0.768. The number of carbonyl (C=O) groups excluding carboxylic acids is 1. The molecule has 0 aromatic heterocycles. The van der Waals surface area contributed by atoms with Gasteiger partial charge in [-0.05, 0) is 74.7 Å². The van der Waals surface area contributed by atoms with Gasteiger partial charge in [0.25, 0.3) is 15.9 Å². The van der Waals surface area contributed by atoms with Crippen LogP contribution in [0.25, 0.3) is 0 Å². The molecule has 2 N–H and O–H groups in total. The lowest BCUT2D eigenvalue weighted by Crippen LogP contribution is -2.28. The largest absolute Gasteiger partial charge is 0.345 e. The Balaban J connectivity index is 1.71. The van der Waals surface area contributed by atoms with Gasteiger partial charge in [-0.3, -0.25) is 9.52 Å². The van der Waals surface area contributed by atoms with Crippen molar-refractivity contribution >= 4 is 21.6 Å². The molecule has 0 heterocycles. The molecule has 31 heavy (non-hydrogen) atoms. The zero-order chi connectivity index (χ0) is 22.6. The number of rotatable bonds is 7. The average molecular weight is 437 g/mol. The first kappa shape index (κ1) is 22.6. The fourth-order valence-electron chi connectivity index (χ4n) is 3.48. The number of sulfonamides is 1. The molecular weight excluding hydrogens is 408 g/mol. The van der Waals surface area contributed by atoms with Crippen molar-refractivity contribution in [2.24, 2.45) is 0 Å². The Bertz CT molecular complexity index is 1170. The SMILES string of the molecule is CC[C@@H](NC(=O)c1ccc(NS(=O)(=O)c2ccc(C)cc2)cc1)c1ccc(C)cc1C. The zero-order valence-electron chi connectivity index (χ0n) is 18.3. The van der Waals surface area contributed by atoms with Crippen LogP contribution >= 0.6 is 0 Å². The van der Waals surface area contributed by atoms with Crippen LogP contribution in [-0.4, -0.2) is 14.3 Å². The van der Waals surface area contributed by atoms with Gasteiger partial charge in [-0.15, -0.1) is 0 Å². The van der Waals surface area contributed by atoms with Crippen molar-refractivity contribution in [3.05, 3.63) is 94.5 Å². The van der Waals surface area contributed by atoms with Crippen LogP contribution in [-0.2, 0) is 10.0 Å².